The second-order valence-electron chi connectivity index (χ2n) is 9.00. The first-order valence-corrected chi connectivity index (χ1v) is 12.0. The van der Waals surface area contributed by atoms with Gasteiger partial charge in [-0.1, -0.05) is 42.3 Å². The molecule has 2 aromatic carbocycles. The summed E-state index contributed by atoms with van der Waals surface area (Å²) in [7, 11) is 0. The zero-order valence-electron chi connectivity index (χ0n) is 19.9. The summed E-state index contributed by atoms with van der Waals surface area (Å²) in [6, 6.07) is 15.7. The van der Waals surface area contributed by atoms with Gasteiger partial charge in [0.25, 0.3) is 5.91 Å². The summed E-state index contributed by atoms with van der Waals surface area (Å²) in [5.74, 6) is -0.237. The van der Waals surface area contributed by atoms with Crippen LogP contribution in [-0.2, 0) is 6.54 Å². The predicted octanol–water partition coefficient (Wildman–Crippen LogP) is 5.22. The molecular weight excluding hydrogens is 458 g/mol. The van der Waals surface area contributed by atoms with Crippen LogP contribution in [0.5, 0.6) is 5.75 Å². The van der Waals surface area contributed by atoms with Crippen LogP contribution in [0.4, 0.5) is 10.5 Å². The molecule has 5 rings (SSSR count). The molecule has 0 radical (unpaired) electrons. The van der Waals surface area contributed by atoms with Crippen molar-refractivity contribution in [2.45, 2.75) is 45.1 Å². The van der Waals surface area contributed by atoms with Crippen molar-refractivity contribution in [1.82, 2.24) is 20.3 Å². The van der Waals surface area contributed by atoms with E-state index in [-0.39, 0.29) is 23.5 Å². The average Bonchev–Trinajstić information content (AvgIpc) is 3.65. The maximum Gasteiger partial charge on any atom is 0.342 e. The van der Waals surface area contributed by atoms with Gasteiger partial charge in [0.05, 0.1) is 17.6 Å². The van der Waals surface area contributed by atoms with E-state index in [0.717, 1.165) is 42.5 Å². The number of aromatic hydroxyl groups is 1. The minimum atomic E-state index is -0.474. The maximum atomic E-state index is 13.2. The molecular formula is C27H27N5O4. The summed E-state index contributed by atoms with van der Waals surface area (Å²) in [6.07, 6.45) is 5.59. The van der Waals surface area contributed by atoms with E-state index < -0.39 is 5.91 Å². The van der Waals surface area contributed by atoms with Gasteiger partial charge in [0.15, 0.2) is 0 Å². The van der Waals surface area contributed by atoms with Crippen LogP contribution in [0, 0.1) is 6.92 Å². The number of hydrogen-bond donors (Lipinski definition) is 3. The van der Waals surface area contributed by atoms with Crippen LogP contribution in [0.1, 0.15) is 59.0 Å². The van der Waals surface area contributed by atoms with Gasteiger partial charge in [0.1, 0.15) is 5.75 Å². The van der Waals surface area contributed by atoms with Crippen molar-refractivity contribution in [2.24, 2.45) is 0 Å². The summed E-state index contributed by atoms with van der Waals surface area (Å²) in [5, 5.41) is 24.5. The van der Waals surface area contributed by atoms with E-state index in [1.54, 1.807) is 12.1 Å². The van der Waals surface area contributed by atoms with Crippen molar-refractivity contribution >= 4 is 17.6 Å². The third-order valence-corrected chi connectivity index (χ3v) is 6.59. The number of carbonyl (C=O) groups excluding carboxylic acids is 2. The Morgan fingerprint density at radius 1 is 1.11 bits per heavy atom. The number of nitrogens with one attached hydrogen (secondary N) is 2. The lowest BCUT2D eigenvalue weighted by Gasteiger charge is -2.13. The van der Waals surface area contributed by atoms with Gasteiger partial charge in [-0.3, -0.25) is 4.79 Å². The molecule has 0 spiro atoms. The first kappa shape index (κ1) is 23.3. The van der Waals surface area contributed by atoms with Gasteiger partial charge in [-0.05, 0) is 49.1 Å². The molecule has 0 bridgehead atoms. The third-order valence-electron chi connectivity index (χ3n) is 6.59. The highest BCUT2D eigenvalue weighted by molar-refractivity contribution is 6.02. The molecule has 9 heteroatoms. The van der Waals surface area contributed by atoms with Crippen molar-refractivity contribution < 1.29 is 19.2 Å². The molecule has 3 N–H and O–H groups in total. The summed E-state index contributed by atoms with van der Waals surface area (Å²) in [4.78, 5) is 25.4. The molecule has 0 atom stereocenters. The van der Waals surface area contributed by atoms with Gasteiger partial charge in [-0.25, -0.2) is 4.79 Å². The first-order chi connectivity index (χ1) is 17.5. The molecule has 9 nitrogen and oxygen atoms in total. The quantitative estimate of drug-likeness (QED) is 0.344. The molecule has 0 saturated heterocycles. The number of amides is 2. The largest absolute Gasteiger partial charge is 0.507 e. The minimum Gasteiger partial charge on any atom is -0.507 e. The highest BCUT2D eigenvalue weighted by Crippen LogP contribution is 2.38. The van der Waals surface area contributed by atoms with Crippen molar-refractivity contribution in [2.75, 3.05) is 5.32 Å². The Morgan fingerprint density at radius 2 is 1.92 bits per heavy atom. The topological polar surface area (TPSA) is 122 Å². The highest BCUT2D eigenvalue weighted by Gasteiger charge is 2.26. The van der Waals surface area contributed by atoms with E-state index in [2.05, 4.69) is 20.9 Å². The Labute approximate surface area is 208 Å². The Hall–Kier alpha value is -4.40. The average molecular weight is 486 g/mol. The van der Waals surface area contributed by atoms with Crippen LogP contribution in [0.15, 0.2) is 65.3 Å². The molecule has 1 fully saturated rings. The number of aromatic nitrogens is 3. The van der Waals surface area contributed by atoms with Gasteiger partial charge in [0.2, 0.25) is 5.76 Å². The van der Waals surface area contributed by atoms with Crippen molar-refractivity contribution in [3.05, 3.63) is 83.4 Å². The highest BCUT2D eigenvalue weighted by atomic mass is 16.5. The van der Waals surface area contributed by atoms with Gasteiger partial charge in [-0.2, -0.15) is 9.78 Å². The van der Waals surface area contributed by atoms with E-state index in [4.69, 9.17) is 4.52 Å². The van der Waals surface area contributed by atoms with Crippen LogP contribution < -0.4 is 10.6 Å². The number of aryl methyl sites for hydroxylation is 1. The van der Waals surface area contributed by atoms with Crippen molar-refractivity contribution in [1.29, 1.82) is 0 Å². The number of carbonyl (C=O) groups is 2. The molecule has 1 aliphatic rings. The van der Waals surface area contributed by atoms with Gasteiger partial charge in [-0.15, -0.1) is 0 Å². The number of phenolic OH excluding ortho intramolecular Hbond substituents is 1. The van der Waals surface area contributed by atoms with Crippen LogP contribution in [0.3, 0.4) is 0 Å². The summed E-state index contributed by atoms with van der Waals surface area (Å²) in [5.41, 5.74) is 4.35. The fraction of sp³-hybridized carbons (Fsp3) is 0.259. The maximum absolute atomic E-state index is 13.2. The Morgan fingerprint density at radius 3 is 2.64 bits per heavy atom. The zero-order valence-corrected chi connectivity index (χ0v) is 19.9. The number of hydrogen-bond acceptors (Lipinski definition) is 6. The normalized spacial score (nSPS) is 13.6. The summed E-state index contributed by atoms with van der Waals surface area (Å²) >= 11 is 0. The molecule has 0 aliphatic heterocycles. The van der Waals surface area contributed by atoms with E-state index in [9.17, 15) is 14.7 Å². The number of anilines is 1. The Balaban J connectivity index is 1.39. The molecule has 1 saturated carbocycles. The number of nitrogens with zero attached hydrogens (tertiary/aromatic N) is 3. The minimum absolute atomic E-state index is 0.0617. The van der Waals surface area contributed by atoms with Gasteiger partial charge < -0.3 is 20.3 Å². The summed E-state index contributed by atoms with van der Waals surface area (Å²) < 4.78 is 6.29. The van der Waals surface area contributed by atoms with Gasteiger partial charge in [0, 0.05) is 35.8 Å². The number of rotatable bonds is 6. The molecule has 36 heavy (non-hydrogen) atoms. The molecule has 4 aromatic rings. The van der Waals surface area contributed by atoms with Crippen molar-refractivity contribution in [3.8, 4) is 17.0 Å². The lowest BCUT2D eigenvalue weighted by Crippen LogP contribution is -2.31. The summed E-state index contributed by atoms with van der Waals surface area (Å²) in [6.45, 7) is 2.41. The predicted molar refractivity (Wildman–Crippen MR) is 134 cm³/mol. The molecule has 2 heterocycles. The zero-order chi connectivity index (χ0) is 25.1. The van der Waals surface area contributed by atoms with Crippen LogP contribution >= 0.6 is 0 Å². The SMILES string of the molecule is Cc1ccccc1CNC(=O)n1nc(-c2ccc(NC(=O)c3ccno3)cc2O)cc1C1CCCC1. The molecule has 184 valence electrons. The van der Waals surface area contributed by atoms with E-state index >= 15 is 0 Å². The fourth-order valence-corrected chi connectivity index (χ4v) is 4.61. The first-order valence-electron chi connectivity index (χ1n) is 12.0. The standard InChI is InChI=1S/C27H27N5O4/c1-17-6-2-3-9-19(17)16-28-27(35)32-23(18-7-4-5-8-18)15-22(31-32)21-11-10-20(14-24(21)33)30-26(34)25-12-13-29-36-25/h2-3,6,9-15,18,33H,4-5,7-8,16H2,1H3,(H,28,35)(H,30,34). The van der Waals surface area contributed by atoms with E-state index in [0.29, 0.717) is 23.5 Å². The van der Waals surface area contributed by atoms with Gasteiger partial charge >= 0.3 is 6.03 Å². The molecule has 2 amide bonds. The molecule has 2 aromatic heterocycles. The van der Waals surface area contributed by atoms with E-state index in [1.165, 1.54) is 23.0 Å². The molecule has 1 aliphatic carbocycles. The third kappa shape index (κ3) is 4.86. The van der Waals surface area contributed by atoms with Crippen LogP contribution in [-0.4, -0.2) is 32.0 Å². The van der Waals surface area contributed by atoms with E-state index in [1.807, 2.05) is 37.3 Å². The fourth-order valence-electron chi connectivity index (χ4n) is 4.61. The molecule has 0 unspecified atom stereocenters. The van der Waals surface area contributed by atoms with Crippen molar-refractivity contribution in [3.63, 3.8) is 0 Å². The lowest BCUT2D eigenvalue weighted by atomic mass is 10.0. The number of phenols is 1. The smallest absolute Gasteiger partial charge is 0.342 e. The Kier molecular flexibility index (Phi) is 6.53. The lowest BCUT2D eigenvalue weighted by molar-refractivity contribution is 0.0988. The number of benzene rings is 2. The Bertz CT molecular complexity index is 1390. The monoisotopic (exact) mass is 485 g/mol. The van der Waals surface area contributed by atoms with Crippen LogP contribution in [0.2, 0.25) is 0 Å². The second kappa shape index (κ2) is 10.1. The van der Waals surface area contributed by atoms with Crippen LogP contribution in [0.25, 0.3) is 11.3 Å². The second-order valence-corrected chi connectivity index (χ2v) is 9.00.